The first kappa shape index (κ1) is 18.8. The number of benzene rings is 1. The van der Waals surface area contributed by atoms with Gasteiger partial charge >= 0.3 is 0 Å². The molecular weight excluding hydrogens is 314 g/mol. The van der Waals surface area contributed by atoms with Crippen molar-refractivity contribution in [2.45, 2.75) is 32.9 Å². The number of ketones is 1. The van der Waals surface area contributed by atoms with Gasteiger partial charge in [0.15, 0.2) is 5.78 Å². The SMILES string of the molecule is CC(=O)C(NC(=O)CNC(c1ccccc1)c1ccccn1)C(C)C. The first-order chi connectivity index (χ1) is 12.0. The Kier molecular flexibility index (Phi) is 6.83. The molecule has 0 bridgehead atoms. The number of hydrogen-bond acceptors (Lipinski definition) is 4. The van der Waals surface area contributed by atoms with Crippen LogP contribution in [-0.2, 0) is 9.59 Å². The van der Waals surface area contributed by atoms with Gasteiger partial charge in [-0.2, -0.15) is 0 Å². The summed E-state index contributed by atoms with van der Waals surface area (Å²) in [5, 5.41) is 6.05. The summed E-state index contributed by atoms with van der Waals surface area (Å²) in [6, 6.07) is 14.9. The van der Waals surface area contributed by atoms with Gasteiger partial charge in [-0.3, -0.25) is 19.9 Å². The van der Waals surface area contributed by atoms with E-state index < -0.39 is 6.04 Å². The van der Waals surface area contributed by atoms with Gasteiger partial charge < -0.3 is 5.32 Å². The van der Waals surface area contributed by atoms with Gasteiger partial charge in [0.2, 0.25) is 5.91 Å². The molecule has 132 valence electrons. The van der Waals surface area contributed by atoms with Crippen molar-refractivity contribution < 1.29 is 9.59 Å². The van der Waals surface area contributed by atoms with Crippen molar-refractivity contribution in [3.05, 3.63) is 66.0 Å². The fourth-order valence-corrected chi connectivity index (χ4v) is 2.74. The Hall–Kier alpha value is -2.53. The van der Waals surface area contributed by atoms with Gasteiger partial charge in [-0.1, -0.05) is 50.2 Å². The zero-order valence-electron chi connectivity index (χ0n) is 14.9. The molecule has 0 spiro atoms. The second kappa shape index (κ2) is 9.08. The maximum absolute atomic E-state index is 12.3. The third-order valence-electron chi connectivity index (χ3n) is 4.00. The van der Waals surface area contributed by atoms with Crippen LogP contribution < -0.4 is 10.6 Å². The van der Waals surface area contributed by atoms with Gasteiger partial charge in [-0.05, 0) is 30.5 Å². The van der Waals surface area contributed by atoms with Crippen LogP contribution in [0.3, 0.4) is 0 Å². The average molecular weight is 339 g/mol. The van der Waals surface area contributed by atoms with E-state index in [1.807, 2.05) is 62.4 Å². The lowest BCUT2D eigenvalue weighted by molar-refractivity contribution is -0.127. The quantitative estimate of drug-likeness (QED) is 0.775. The topological polar surface area (TPSA) is 71.1 Å². The molecule has 1 amide bonds. The number of Topliss-reactive ketones (excluding diaryl/α,β-unsaturated/α-hetero) is 1. The minimum atomic E-state index is -0.459. The lowest BCUT2D eigenvalue weighted by Gasteiger charge is -2.22. The molecule has 1 aromatic heterocycles. The van der Waals surface area contributed by atoms with Crippen molar-refractivity contribution in [1.29, 1.82) is 0 Å². The number of carbonyl (C=O) groups excluding carboxylic acids is 2. The molecule has 1 aromatic carbocycles. The smallest absolute Gasteiger partial charge is 0.234 e. The van der Waals surface area contributed by atoms with E-state index in [4.69, 9.17) is 0 Å². The van der Waals surface area contributed by atoms with Crippen LogP contribution in [0.25, 0.3) is 0 Å². The first-order valence-corrected chi connectivity index (χ1v) is 8.48. The molecule has 2 unspecified atom stereocenters. The highest BCUT2D eigenvalue weighted by molar-refractivity contribution is 5.88. The number of hydrogen-bond donors (Lipinski definition) is 2. The van der Waals surface area contributed by atoms with Crippen LogP contribution in [0.2, 0.25) is 0 Å². The van der Waals surface area contributed by atoms with Crippen LogP contribution in [0.15, 0.2) is 54.7 Å². The Morgan fingerprint density at radius 3 is 2.28 bits per heavy atom. The molecule has 0 saturated heterocycles. The predicted molar refractivity (Wildman–Crippen MR) is 98.0 cm³/mol. The first-order valence-electron chi connectivity index (χ1n) is 8.48. The number of amides is 1. The van der Waals surface area contributed by atoms with E-state index in [2.05, 4.69) is 15.6 Å². The fourth-order valence-electron chi connectivity index (χ4n) is 2.74. The number of carbonyl (C=O) groups is 2. The van der Waals surface area contributed by atoms with E-state index in [-0.39, 0.29) is 30.2 Å². The third-order valence-corrected chi connectivity index (χ3v) is 4.00. The Bertz CT molecular complexity index is 647. The maximum atomic E-state index is 12.3. The van der Waals surface area contributed by atoms with Gasteiger partial charge in [0.25, 0.3) is 0 Å². The summed E-state index contributed by atoms with van der Waals surface area (Å²) in [5.74, 6) is -0.180. The van der Waals surface area contributed by atoms with Gasteiger partial charge in [-0.25, -0.2) is 0 Å². The van der Waals surface area contributed by atoms with Crippen molar-refractivity contribution in [3.8, 4) is 0 Å². The van der Waals surface area contributed by atoms with E-state index >= 15 is 0 Å². The molecule has 5 nitrogen and oxygen atoms in total. The highest BCUT2D eigenvalue weighted by Crippen LogP contribution is 2.19. The van der Waals surface area contributed by atoms with E-state index in [9.17, 15) is 9.59 Å². The van der Waals surface area contributed by atoms with Gasteiger partial charge in [0, 0.05) is 6.20 Å². The molecule has 0 aliphatic carbocycles. The summed E-state index contributed by atoms with van der Waals surface area (Å²) in [4.78, 5) is 28.3. The molecule has 0 saturated carbocycles. The normalized spacial score (nSPS) is 13.3. The molecule has 2 rings (SSSR count). The number of rotatable bonds is 8. The predicted octanol–water partition coefficient (Wildman–Crippen LogP) is 2.49. The molecule has 5 heteroatoms. The van der Waals surface area contributed by atoms with Crippen molar-refractivity contribution in [2.75, 3.05) is 6.54 Å². The Morgan fingerprint density at radius 2 is 1.72 bits per heavy atom. The summed E-state index contributed by atoms with van der Waals surface area (Å²) < 4.78 is 0. The standard InChI is InChI=1S/C20H25N3O2/c1-14(2)19(15(3)24)23-18(25)13-22-20(16-9-5-4-6-10-16)17-11-7-8-12-21-17/h4-12,14,19-20,22H,13H2,1-3H3,(H,23,25). The summed E-state index contributed by atoms with van der Waals surface area (Å²) >= 11 is 0. The van der Waals surface area contributed by atoms with Crippen LogP contribution in [-0.4, -0.2) is 29.3 Å². The van der Waals surface area contributed by atoms with Crippen LogP contribution in [0.1, 0.15) is 38.1 Å². The van der Waals surface area contributed by atoms with Crippen molar-refractivity contribution in [2.24, 2.45) is 5.92 Å². The van der Waals surface area contributed by atoms with Crippen LogP contribution in [0, 0.1) is 5.92 Å². The van der Waals surface area contributed by atoms with E-state index in [0.29, 0.717) is 0 Å². The summed E-state index contributed by atoms with van der Waals surface area (Å²) in [7, 11) is 0. The minimum absolute atomic E-state index is 0.0346. The summed E-state index contributed by atoms with van der Waals surface area (Å²) in [6.45, 7) is 5.44. The fraction of sp³-hybridized carbons (Fsp3) is 0.350. The van der Waals surface area contributed by atoms with Crippen LogP contribution in [0.5, 0.6) is 0 Å². The maximum Gasteiger partial charge on any atom is 0.234 e. The number of nitrogens with one attached hydrogen (secondary N) is 2. The van der Waals surface area contributed by atoms with Crippen molar-refractivity contribution in [1.82, 2.24) is 15.6 Å². The van der Waals surface area contributed by atoms with Gasteiger partial charge in [0.1, 0.15) is 0 Å². The number of nitrogens with zero attached hydrogens (tertiary/aromatic N) is 1. The molecule has 0 radical (unpaired) electrons. The van der Waals surface area contributed by atoms with Gasteiger partial charge in [0.05, 0.1) is 24.3 Å². The van der Waals surface area contributed by atoms with Crippen molar-refractivity contribution >= 4 is 11.7 Å². The second-order valence-electron chi connectivity index (χ2n) is 6.38. The molecule has 0 fully saturated rings. The largest absolute Gasteiger partial charge is 0.345 e. The summed E-state index contributed by atoms with van der Waals surface area (Å²) in [6.07, 6.45) is 1.73. The lowest BCUT2D eigenvalue weighted by Crippen LogP contribution is -2.47. The molecule has 2 atom stereocenters. The van der Waals surface area contributed by atoms with Gasteiger partial charge in [-0.15, -0.1) is 0 Å². The zero-order chi connectivity index (χ0) is 18.2. The highest BCUT2D eigenvalue weighted by atomic mass is 16.2. The van der Waals surface area contributed by atoms with Crippen LogP contribution >= 0.6 is 0 Å². The highest BCUT2D eigenvalue weighted by Gasteiger charge is 2.21. The van der Waals surface area contributed by atoms with E-state index in [0.717, 1.165) is 11.3 Å². The Balaban J connectivity index is 2.08. The number of pyridine rings is 1. The summed E-state index contributed by atoms with van der Waals surface area (Å²) in [5.41, 5.74) is 1.87. The molecule has 0 aliphatic heterocycles. The van der Waals surface area contributed by atoms with Crippen molar-refractivity contribution in [3.63, 3.8) is 0 Å². The number of aromatic nitrogens is 1. The molecule has 1 heterocycles. The zero-order valence-corrected chi connectivity index (χ0v) is 14.9. The molecule has 25 heavy (non-hydrogen) atoms. The van der Waals surface area contributed by atoms with E-state index in [1.165, 1.54) is 6.92 Å². The molecule has 2 N–H and O–H groups in total. The molecule has 2 aromatic rings. The van der Waals surface area contributed by atoms with Crippen LogP contribution in [0.4, 0.5) is 0 Å². The molecular formula is C20H25N3O2. The average Bonchev–Trinajstić information content (AvgIpc) is 2.61. The minimum Gasteiger partial charge on any atom is -0.345 e. The monoisotopic (exact) mass is 339 g/mol. The third kappa shape index (κ3) is 5.50. The Morgan fingerprint density at radius 1 is 1.04 bits per heavy atom. The second-order valence-corrected chi connectivity index (χ2v) is 6.38. The Labute approximate surface area is 148 Å². The van der Waals surface area contributed by atoms with E-state index in [1.54, 1.807) is 6.20 Å². The molecule has 0 aliphatic rings. The lowest BCUT2D eigenvalue weighted by atomic mass is 10.0.